The molecule has 0 aliphatic heterocycles. The van der Waals surface area contributed by atoms with Crippen molar-refractivity contribution in [2.45, 2.75) is 65.2 Å². The minimum absolute atomic E-state index is 0.226. The Morgan fingerprint density at radius 3 is 2.33 bits per heavy atom. The molecular weight excluding hydrogens is 392 g/mol. The van der Waals surface area contributed by atoms with Crippen molar-refractivity contribution in [3.63, 3.8) is 0 Å². The Hall–Kier alpha value is -2.94. The number of hydrogen-bond donors (Lipinski definition) is 2. The molecule has 1 aromatic rings. The maximum Gasteiger partial charge on any atom is 0.408 e. The fraction of sp³-hybridized carbons (Fsp3) is 0.524. The Morgan fingerprint density at radius 2 is 1.73 bits per heavy atom. The summed E-state index contributed by atoms with van der Waals surface area (Å²) in [5.74, 6) is -2.02. The summed E-state index contributed by atoms with van der Waals surface area (Å²) in [6.45, 7) is 7.11. The number of nitrogens with one attached hydrogen (secondary N) is 2. The lowest BCUT2D eigenvalue weighted by atomic mass is 10.1. The van der Waals surface area contributed by atoms with Gasteiger partial charge in [0, 0.05) is 6.61 Å². The number of hydrogen-bond acceptors (Lipinski definition) is 7. The SMILES string of the molecule is CC(=O)CC(=O)ONC(=O)[C@H](CCCOCc1ccccc1)NC(=O)OC(C)(C)C. The number of Topliss-reactive ketones (excluding diaryl/α,β-unsaturated/α-hetero) is 1. The molecule has 1 rings (SSSR count). The smallest absolute Gasteiger partial charge is 0.408 e. The molecule has 0 heterocycles. The summed E-state index contributed by atoms with van der Waals surface area (Å²) in [7, 11) is 0. The molecule has 0 unspecified atom stereocenters. The molecule has 0 saturated heterocycles. The third kappa shape index (κ3) is 11.8. The molecule has 0 spiro atoms. The number of amides is 2. The number of carbonyl (C=O) groups excluding carboxylic acids is 4. The van der Waals surface area contributed by atoms with Crippen molar-refractivity contribution >= 4 is 23.8 Å². The lowest BCUT2D eigenvalue weighted by Crippen LogP contribution is -2.48. The first-order valence-corrected chi connectivity index (χ1v) is 9.67. The van der Waals surface area contributed by atoms with E-state index >= 15 is 0 Å². The van der Waals surface area contributed by atoms with Crippen LogP contribution in [0, 0.1) is 0 Å². The quantitative estimate of drug-likeness (QED) is 0.337. The van der Waals surface area contributed by atoms with Gasteiger partial charge in [0.1, 0.15) is 23.8 Å². The number of alkyl carbamates (subject to hydrolysis) is 1. The van der Waals surface area contributed by atoms with Crippen molar-refractivity contribution in [2.75, 3.05) is 6.61 Å². The van der Waals surface area contributed by atoms with Gasteiger partial charge in [0.05, 0.1) is 6.61 Å². The standard InChI is InChI=1S/C21H30N2O7/c1-15(24)13-18(25)30-23-19(26)17(22-20(27)29-21(2,3)4)11-8-12-28-14-16-9-6-5-7-10-16/h5-7,9-10,17H,8,11-14H2,1-4H3,(H,22,27)(H,23,26)/t17-/m0/s1. The van der Waals surface area contributed by atoms with Gasteiger partial charge in [-0.15, -0.1) is 0 Å². The first-order chi connectivity index (χ1) is 14.1. The van der Waals surface area contributed by atoms with E-state index < -0.39 is 41.8 Å². The molecule has 0 aromatic heterocycles. The zero-order valence-electron chi connectivity index (χ0n) is 17.9. The zero-order chi connectivity index (χ0) is 22.6. The molecule has 2 amide bonds. The van der Waals surface area contributed by atoms with E-state index in [0.717, 1.165) is 5.56 Å². The topological polar surface area (TPSA) is 120 Å². The summed E-state index contributed by atoms with van der Waals surface area (Å²) in [6.07, 6.45) is -0.549. The average molecular weight is 422 g/mol. The van der Waals surface area contributed by atoms with Gasteiger partial charge in [0.2, 0.25) is 0 Å². The Kier molecular flexibility index (Phi) is 10.5. The Bertz CT molecular complexity index is 714. The van der Waals surface area contributed by atoms with Crippen molar-refractivity contribution in [1.82, 2.24) is 10.8 Å². The molecule has 0 fully saturated rings. The van der Waals surface area contributed by atoms with E-state index in [-0.39, 0.29) is 6.42 Å². The number of hydroxylamine groups is 1. The molecule has 0 bridgehead atoms. The number of ether oxygens (including phenoxy) is 2. The van der Waals surface area contributed by atoms with E-state index in [0.29, 0.717) is 19.6 Å². The van der Waals surface area contributed by atoms with Gasteiger partial charge < -0.3 is 19.6 Å². The lowest BCUT2D eigenvalue weighted by Gasteiger charge is -2.23. The van der Waals surface area contributed by atoms with E-state index in [2.05, 4.69) is 10.2 Å². The predicted octanol–water partition coefficient (Wildman–Crippen LogP) is 2.43. The highest BCUT2D eigenvalue weighted by atomic mass is 16.7. The number of benzene rings is 1. The highest BCUT2D eigenvalue weighted by Gasteiger charge is 2.25. The fourth-order valence-electron chi connectivity index (χ4n) is 2.29. The van der Waals surface area contributed by atoms with Crippen molar-refractivity contribution < 1.29 is 33.5 Å². The van der Waals surface area contributed by atoms with E-state index in [4.69, 9.17) is 9.47 Å². The van der Waals surface area contributed by atoms with Crippen LogP contribution in [0.15, 0.2) is 30.3 Å². The first kappa shape index (κ1) is 25.1. The van der Waals surface area contributed by atoms with Crippen LogP contribution in [0.25, 0.3) is 0 Å². The number of rotatable bonds is 10. The summed E-state index contributed by atoms with van der Waals surface area (Å²) in [6, 6.07) is 8.61. The first-order valence-electron chi connectivity index (χ1n) is 9.67. The number of ketones is 1. The Morgan fingerprint density at radius 1 is 1.07 bits per heavy atom. The van der Waals surface area contributed by atoms with Crippen LogP contribution in [0.5, 0.6) is 0 Å². The van der Waals surface area contributed by atoms with Gasteiger partial charge in [-0.1, -0.05) is 30.3 Å². The van der Waals surface area contributed by atoms with E-state index in [9.17, 15) is 19.2 Å². The number of carbonyl (C=O) groups is 4. The third-order valence-corrected chi connectivity index (χ3v) is 3.56. The van der Waals surface area contributed by atoms with Crippen molar-refractivity contribution in [3.05, 3.63) is 35.9 Å². The van der Waals surface area contributed by atoms with Gasteiger partial charge in [-0.25, -0.2) is 9.59 Å². The molecule has 1 aromatic carbocycles. The van der Waals surface area contributed by atoms with Gasteiger partial charge in [0.15, 0.2) is 0 Å². The van der Waals surface area contributed by atoms with Crippen LogP contribution in [-0.2, 0) is 35.3 Å². The molecule has 9 nitrogen and oxygen atoms in total. The van der Waals surface area contributed by atoms with E-state index in [1.54, 1.807) is 20.8 Å². The molecule has 30 heavy (non-hydrogen) atoms. The second kappa shape index (κ2) is 12.6. The summed E-state index contributed by atoms with van der Waals surface area (Å²) in [5.41, 5.74) is 2.26. The second-order valence-corrected chi connectivity index (χ2v) is 7.70. The van der Waals surface area contributed by atoms with Gasteiger partial charge in [0.25, 0.3) is 5.91 Å². The summed E-state index contributed by atoms with van der Waals surface area (Å²) in [5, 5.41) is 2.46. The molecule has 2 N–H and O–H groups in total. The van der Waals surface area contributed by atoms with Crippen LogP contribution in [0.1, 0.15) is 52.5 Å². The molecule has 9 heteroatoms. The van der Waals surface area contributed by atoms with Gasteiger partial charge in [-0.2, -0.15) is 5.48 Å². The molecule has 166 valence electrons. The highest BCUT2D eigenvalue weighted by molar-refractivity contribution is 5.94. The van der Waals surface area contributed by atoms with Gasteiger partial charge in [-0.3, -0.25) is 9.59 Å². The van der Waals surface area contributed by atoms with Crippen LogP contribution in [-0.4, -0.2) is 42.0 Å². The van der Waals surface area contributed by atoms with Crippen molar-refractivity contribution in [2.24, 2.45) is 0 Å². The van der Waals surface area contributed by atoms with Crippen molar-refractivity contribution in [3.8, 4) is 0 Å². The third-order valence-electron chi connectivity index (χ3n) is 3.56. The molecule has 1 atom stereocenters. The molecular formula is C21H30N2O7. The van der Waals surface area contributed by atoms with E-state index in [1.165, 1.54) is 6.92 Å². The normalized spacial score (nSPS) is 11.9. The molecule has 0 saturated carbocycles. The summed E-state index contributed by atoms with van der Waals surface area (Å²) < 4.78 is 10.7. The van der Waals surface area contributed by atoms with Gasteiger partial charge >= 0.3 is 12.1 Å². The minimum atomic E-state index is -1.01. The largest absolute Gasteiger partial charge is 0.444 e. The van der Waals surface area contributed by atoms with Gasteiger partial charge in [-0.05, 0) is 46.1 Å². The maximum atomic E-state index is 12.3. The zero-order valence-corrected chi connectivity index (χ0v) is 17.9. The van der Waals surface area contributed by atoms with Crippen LogP contribution < -0.4 is 10.8 Å². The highest BCUT2D eigenvalue weighted by Crippen LogP contribution is 2.08. The van der Waals surface area contributed by atoms with Crippen LogP contribution in [0.3, 0.4) is 0 Å². The maximum absolute atomic E-state index is 12.3. The minimum Gasteiger partial charge on any atom is -0.444 e. The Balaban J connectivity index is 2.53. The second-order valence-electron chi connectivity index (χ2n) is 7.70. The molecule has 0 aliphatic rings. The predicted molar refractivity (Wildman–Crippen MR) is 108 cm³/mol. The average Bonchev–Trinajstić information content (AvgIpc) is 2.63. The van der Waals surface area contributed by atoms with Crippen molar-refractivity contribution in [1.29, 1.82) is 0 Å². The van der Waals surface area contributed by atoms with Crippen LogP contribution >= 0.6 is 0 Å². The lowest BCUT2D eigenvalue weighted by molar-refractivity contribution is -0.160. The molecule has 0 aliphatic carbocycles. The summed E-state index contributed by atoms with van der Waals surface area (Å²) in [4.78, 5) is 51.3. The monoisotopic (exact) mass is 422 g/mol. The Labute approximate surface area is 176 Å². The van der Waals surface area contributed by atoms with E-state index in [1.807, 2.05) is 35.8 Å². The molecule has 0 radical (unpaired) electrons. The van der Waals surface area contributed by atoms with Crippen LogP contribution in [0.4, 0.5) is 4.79 Å². The van der Waals surface area contributed by atoms with Crippen LogP contribution in [0.2, 0.25) is 0 Å². The fourth-order valence-corrected chi connectivity index (χ4v) is 2.29. The summed E-state index contributed by atoms with van der Waals surface area (Å²) >= 11 is 0.